The highest BCUT2D eigenvalue weighted by Crippen LogP contribution is 2.06. The average Bonchev–Trinajstić information content (AvgIpc) is 2.64. The van der Waals surface area contributed by atoms with Crippen molar-refractivity contribution in [2.24, 2.45) is 0 Å². The van der Waals surface area contributed by atoms with Gasteiger partial charge >= 0.3 is 0 Å². The third-order valence-electron chi connectivity index (χ3n) is 2.36. The third-order valence-corrected chi connectivity index (χ3v) is 2.36. The molecule has 3 heteroatoms. The molecule has 1 unspecified atom stereocenters. The zero-order chi connectivity index (χ0) is 10.4. The third kappa shape index (κ3) is 3.94. The fraction of sp³-hybridized carbons (Fsp3) is 0.636. The second-order valence-electron chi connectivity index (χ2n) is 3.86. The molecule has 80 valence electrons. The van der Waals surface area contributed by atoms with Crippen LogP contribution in [0.3, 0.4) is 0 Å². The molecule has 0 spiro atoms. The van der Waals surface area contributed by atoms with Crippen molar-refractivity contribution >= 4 is 0 Å². The van der Waals surface area contributed by atoms with Crippen molar-refractivity contribution in [2.45, 2.75) is 18.9 Å². The fourth-order valence-electron chi connectivity index (χ4n) is 1.43. The van der Waals surface area contributed by atoms with Crippen LogP contribution in [0.15, 0.2) is 22.8 Å². The Morgan fingerprint density at radius 2 is 2.29 bits per heavy atom. The second kappa shape index (κ2) is 5.83. The Morgan fingerprint density at radius 3 is 2.79 bits per heavy atom. The number of likely N-dealkylation sites (N-methyl/N-ethyl adjacent to an activating group) is 1. The number of hydrogen-bond acceptors (Lipinski definition) is 3. The summed E-state index contributed by atoms with van der Waals surface area (Å²) in [7, 11) is 6.20. The first-order valence-electron chi connectivity index (χ1n) is 5.06. The molecule has 3 nitrogen and oxygen atoms in total. The van der Waals surface area contributed by atoms with Gasteiger partial charge in [-0.15, -0.1) is 0 Å². The molecule has 14 heavy (non-hydrogen) atoms. The first-order chi connectivity index (χ1) is 6.72. The van der Waals surface area contributed by atoms with E-state index in [0.29, 0.717) is 6.04 Å². The summed E-state index contributed by atoms with van der Waals surface area (Å²) in [4.78, 5) is 2.20. The lowest BCUT2D eigenvalue weighted by atomic mass is 10.1. The quantitative estimate of drug-likeness (QED) is 0.744. The van der Waals surface area contributed by atoms with Crippen LogP contribution in [0.5, 0.6) is 0 Å². The minimum Gasteiger partial charge on any atom is -0.469 e. The fourth-order valence-corrected chi connectivity index (χ4v) is 1.43. The summed E-state index contributed by atoms with van der Waals surface area (Å²) < 4.78 is 5.32. The van der Waals surface area contributed by atoms with Gasteiger partial charge < -0.3 is 14.6 Å². The van der Waals surface area contributed by atoms with Gasteiger partial charge in [0.1, 0.15) is 5.76 Å². The average molecular weight is 196 g/mol. The van der Waals surface area contributed by atoms with Crippen molar-refractivity contribution in [3.63, 3.8) is 0 Å². The molecule has 0 amide bonds. The van der Waals surface area contributed by atoms with Gasteiger partial charge in [0.15, 0.2) is 0 Å². The Balaban J connectivity index is 2.32. The van der Waals surface area contributed by atoms with Crippen LogP contribution in [0.2, 0.25) is 0 Å². The minimum atomic E-state index is 0.503. The number of hydrogen-bond donors (Lipinski definition) is 1. The molecule has 1 atom stereocenters. The lowest BCUT2D eigenvalue weighted by Gasteiger charge is -2.17. The van der Waals surface area contributed by atoms with Gasteiger partial charge in [-0.1, -0.05) is 0 Å². The van der Waals surface area contributed by atoms with E-state index in [4.69, 9.17) is 4.42 Å². The molecule has 0 saturated carbocycles. The first-order valence-corrected chi connectivity index (χ1v) is 5.06. The van der Waals surface area contributed by atoms with E-state index in [2.05, 4.69) is 24.3 Å². The monoisotopic (exact) mass is 196 g/mol. The van der Waals surface area contributed by atoms with Crippen LogP contribution in [-0.4, -0.2) is 38.6 Å². The number of nitrogens with one attached hydrogen (secondary N) is 1. The molecule has 1 rings (SSSR count). The zero-order valence-corrected chi connectivity index (χ0v) is 9.29. The molecular formula is C11H20N2O. The number of furan rings is 1. The topological polar surface area (TPSA) is 28.4 Å². The van der Waals surface area contributed by atoms with Gasteiger partial charge in [-0.05, 0) is 46.2 Å². The molecule has 0 radical (unpaired) electrons. The molecule has 1 aromatic rings. The molecule has 0 saturated heterocycles. The van der Waals surface area contributed by atoms with E-state index in [-0.39, 0.29) is 0 Å². The lowest BCUT2D eigenvalue weighted by molar-refractivity contribution is 0.354. The Morgan fingerprint density at radius 1 is 1.50 bits per heavy atom. The van der Waals surface area contributed by atoms with Crippen molar-refractivity contribution < 1.29 is 4.42 Å². The van der Waals surface area contributed by atoms with Crippen LogP contribution >= 0.6 is 0 Å². The number of nitrogens with zero attached hydrogens (tertiary/aromatic N) is 1. The summed E-state index contributed by atoms with van der Waals surface area (Å²) in [5, 5.41) is 3.31. The van der Waals surface area contributed by atoms with E-state index < -0.39 is 0 Å². The zero-order valence-electron chi connectivity index (χ0n) is 9.29. The summed E-state index contributed by atoms with van der Waals surface area (Å²) >= 11 is 0. The maximum absolute atomic E-state index is 5.32. The van der Waals surface area contributed by atoms with Crippen LogP contribution in [0.1, 0.15) is 12.2 Å². The predicted octanol–water partition coefficient (Wildman–Crippen LogP) is 1.36. The maximum Gasteiger partial charge on any atom is 0.105 e. The van der Waals surface area contributed by atoms with Crippen LogP contribution in [0.4, 0.5) is 0 Å². The van der Waals surface area contributed by atoms with E-state index in [1.54, 1.807) is 6.26 Å². The van der Waals surface area contributed by atoms with Gasteiger partial charge in [0, 0.05) is 12.5 Å². The van der Waals surface area contributed by atoms with E-state index in [1.807, 2.05) is 19.2 Å². The highest BCUT2D eigenvalue weighted by atomic mass is 16.3. The molecule has 0 bridgehead atoms. The van der Waals surface area contributed by atoms with Crippen LogP contribution in [0.25, 0.3) is 0 Å². The van der Waals surface area contributed by atoms with Gasteiger partial charge in [0.25, 0.3) is 0 Å². The lowest BCUT2D eigenvalue weighted by Crippen LogP contribution is -2.31. The molecule has 0 aliphatic carbocycles. The van der Waals surface area contributed by atoms with E-state index in [9.17, 15) is 0 Å². The highest BCUT2D eigenvalue weighted by molar-refractivity contribution is 5.00. The molecule has 1 heterocycles. The van der Waals surface area contributed by atoms with Crippen molar-refractivity contribution in [2.75, 3.05) is 27.7 Å². The normalized spacial score (nSPS) is 13.4. The SMILES string of the molecule is CNC(CCN(C)C)Cc1ccco1. The van der Waals surface area contributed by atoms with Gasteiger partial charge in [0.05, 0.1) is 6.26 Å². The largest absolute Gasteiger partial charge is 0.469 e. The summed E-state index contributed by atoms with van der Waals surface area (Å²) in [6.07, 6.45) is 3.84. The Hall–Kier alpha value is -0.800. The molecule has 0 aliphatic heterocycles. The van der Waals surface area contributed by atoms with E-state index in [1.165, 1.54) is 0 Å². The molecule has 0 fully saturated rings. The molecule has 0 aliphatic rings. The highest BCUT2D eigenvalue weighted by Gasteiger charge is 2.08. The van der Waals surface area contributed by atoms with Gasteiger partial charge in [0.2, 0.25) is 0 Å². The van der Waals surface area contributed by atoms with E-state index >= 15 is 0 Å². The Kier molecular flexibility index (Phi) is 4.70. The molecule has 0 aromatic carbocycles. The van der Waals surface area contributed by atoms with Crippen LogP contribution < -0.4 is 5.32 Å². The summed E-state index contributed by atoms with van der Waals surface area (Å²) in [6, 6.07) is 4.47. The standard InChI is InChI=1S/C11H20N2O/c1-12-10(6-7-13(2)3)9-11-5-4-8-14-11/h4-5,8,10,12H,6-7,9H2,1-3H3. The minimum absolute atomic E-state index is 0.503. The van der Waals surface area contributed by atoms with Crippen LogP contribution in [0, 0.1) is 0 Å². The number of rotatable bonds is 6. The summed E-state index contributed by atoms with van der Waals surface area (Å²) in [5.41, 5.74) is 0. The first kappa shape index (κ1) is 11.3. The van der Waals surface area contributed by atoms with E-state index in [0.717, 1.165) is 25.1 Å². The smallest absolute Gasteiger partial charge is 0.105 e. The van der Waals surface area contributed by atoms with Gasteiger partial charge in [-0.2, -0.15) is 0 Å². The van der Waals surface area contributed by atoms with Crippen molar-refractivity contribution in [1.82, 2.24) is 10.2 Å². The van der Waals surface area contributed by atoms with Gasteiger partial charge in [-0.25, -0.2) is 0 Å². The summed E-state index contributed by atoms with van der Waals surface area (Å²) in [5.74, 6) is 1.06. The Bertz CT molecular complexity index is 231. The molecule has 1 N–H and O–H groups in total. The molecular weight excluding hydrogens is 176 g/mol. The maximum atomic E-state index is 5.32. The van der Waals surface area contributed by atoms with Crippen molar-refractivity contribution in [3.05, 3.63) is 24.2 Å². The Labute approximate surface area is 86.1 Å². The van der Waals surface area contributed by atoms with Crippen LogP contribution in [-0.2, 0) is 6.42 Å². The summed E-state index contributed by atoms with van der Waals surface area (Å²) in [6.45, 7) is 1.10. The molecule has 1 aromatic heterocycles. The van der Waals surface area contributed by atoms with Gasteiger partial charge in [-0.3, -0.25) is 0 Å². The van der Waals surface area contributed by atoms with Crippen molar-refractivity contribution in [3.8, 4) is 0 Å². The predicted molar refractivity (Wildman–Crippen MR) is 58.4 cm³/mol. The second-order valence-corrected chi connectivity index (χ2v) is 3.86. The van der Waals surface area contributed by atoms with Crippen molar-refractivity contribution in [1.29, 1.82) is 0 Å².